The van der Waals surface area contributed by atoms with Crippen LogP contribution in [0.15, 0.2) is 53.1 Å². The predicted octanol–water partition coefficient (Wildman–Crippen LogP) is 3.32. The molecule has 2 aromatic heterocycles. The maximum Gasteiger partial charge on any atom is 0.333 e. The van der Waals surface area contributed by atoms with E-state index in [0.717, 1.165) is 0 Å². The monoisotopic (exact) mass is 422 g/mol. The molecule has 8 heteroatoms. The lowest BCUT2D eigenvalue weighted by Crippen LogP contribution is -2.35. The van der Waals surface area contributed by atoms with E-state index in [1.165, 1.54) is 19.3 Å². The van der Waals surface area contributed by atoms with Gasteiger partial charge in [-0.25, -0.2) is 4.79 Å². The molecule has 0 unspecified atom stereocenters. The first-order chi connectivity index (χ1) is 14.8. The number of aromatic nitrogens is 1. The van der Waals surface area contributed by atoms with Gasteiger partial charge in [-0.1, -0.05) is 30.3 Å². The van der Waals surface area contributed by atoms with Gasteiger partial charge in [-0.05, 0) is 44.0 Å². The molecule has 0 saturated heterocycles. The zero-order valence-corrected chi connectivity index (χ0v) is 17.4. The van der Waals surface area contributed by atoms with Crippen molar-refractivity contribution in [3.05, 3.63) is 82.6 Å². The van der Waals surface area contributed by atoms with Crippen molar-refractivity contribution in [3.8, 4) is 0 Å². The van der Waals surface area contributed by atoms with Crippen molar-refractivity contribution in [2.45, 2.75) is 26.8 Å². The predicted molar refractivity (Wildman–Crippen MR) is 111 cm³/mol. The Kier molecular flexibility index (Phi) is 6.49. The largest absolute Gasteiger partial charge is 0.459 e. The van der Waals surface area contributed by atoms with Gasteiger partial charge < -0.3 is 19.5 Å². The molecule has 0 aliphatic heterocycles. The first kappa shape index (κ1) is 21.8. The molecule has 0 aliphatic carbocycles. The Morgan fingerprint density at radius 3 is 2.35 bits per heavy atom. The van der Waals surface area contributed by atoms with Gasteiger partial charge in [0, 0.05) is 11.3 Å². The number of hydrogen-bond donors (Lipinski definition) is 2. The molecular weight excluding hydrogens is 400 g/mol. The fourth-order valence-electron chi connectivity index (χ4n) is 3.38. The van der Waals surface area contributed by atoms with Crippen LogP contribution >= 0.6 is 0 Å². The van der Waals surface area contributed by atoms with E-state index in [0.29, 0.717) is 22.4 Å². The quantitative estimate of drug-likeness (QED) is 0.425. The number of amides is 1. The van der Waals surface area contributed by atoms with Crippen LogP contribution in [0.25, 0.3) is 0 Å². The van der Waals surface area contributed by atoms with Gasteiger partial charge in [0.15, 0.2) is 24.2 Å². The molecule has 160 valence electrons. The number of carbonyl (C=O) groups is 4. The summed E-state index contributed by atoms with van der Waals surface area (Å²) in [4.78, 5) is 52.4. The zero-order valence-electron chi connectivity index (χ0n) is 17.4. The summed E-state index contributed by atoms with van der Waals surface area (Å²) >= 11 is 0. The molecular formula is C23H22N2O6. The minimum atomic E-state index is -1.13. The third-order valence-electron chi connectivity index (χ3n) is 4.80. The average molecular weight is 422 g/mol. The number of aryl methyl sites for hydroxylation is 1. The van der Waals surface area contributed by atoms with Gasteiger partial charge in [0.2, 0.25) is 5.78 Å². The lowest BCUT2D eigenvalue weighted by Gasteiger charge is -2.17. The summed E-state index contributed by atoms with van der Waals surface area (Å²) in [6.45, 7) is 4.23. The Bertz CT molecular complexity index is 1110. The number of hydrogen-bond acceptors (Lipinski definition) is 6. The van der Waals surface area contributed by atoms with Crippen molar-refractivity contribution in [3.63, 3.8) is 0 Å². The van der Waals surface area contributed by atoms with E-state index in [9.17, 15) is 19.2 Å². The standard InChI is InChI=1S/C23H22N2O6/c1-13-19(15(3)26)14(2)24-20(13)17(27)12-31-23(29)21(16-8-5-4-6-9-16)25-22(28)18-10-7-11-30-18/h4-11,21,24H,12H2,1-3H3,(H,25,28)/t21-/m1/s1. The van der Waals surface area contributed by atoms with Crippen molar-refractivity contribution < 1.29 is 28.3 Å². The van der Waals surface area contributed by atoms with Crippen LogP contribution in [0, 0.1) is 13.8 Å². The Labute approximate surface area is 178 Å². The zero-order chi connectivity index (χ0) is 22.5. The molecule has 0 spiro atoms. The molecule has 0 fully saturated rings. The number of Topliss-reactive ketones (excluding diaryl/α,β-unsaturated/α-hetero) is 2. The minimum absolute atomic E-state index is 0.0408. The molecule has 0 bridgehead atoms. The van der Waals surface area contributed by atoms with E-state index in [1.807, 2.05) is 0 Å². The molecule has 1 aromatic carbocycles. The third kappa shape index (κ3) is 4.80. The molecule has 3 rings (SSSR count). The van der Waals surface area contributed by atoms with Crippen molar-refractivity contribution in [1.29, 1.82) is 0 Å². The van der Waals surface area contributed by atoms with E-state index < -0.39 is 30.3 Å². The number of esters is 1. The highest BCUT2D eigenvalue weighted by atomic mass is 16.5. The number of benzene rings is 1. The maximum atomic E-state index is 12.8. The molecule has 2 N–H and O–H groups in total. The topological polar surface area (TPSA) is 118 Å². The highest BCUT2D eigenvalue weighted by Crippen LogP contribution is 2.20. The molecule has 0 radical (unpaired) electrons. The van der Waals surface area contributed by atoms with Crippen LogP contribution in [0.1, 0.15) is 61.2 Å². The number of H-pyrrole nitrogens is 1. The normalized spacial score (nSPS) is 11.6. The fourth-order valence-corrected chi connectivity index (χ4v) is 3.38. The van der Waals surface area contributed by atoms with Gasteiger partial charge in [0.1, 0.15) is 0 Å². The SMILES string of the molecule is CC(=O)c1c(C)[nH]c(C(=O)COC(=O)[C@H](NC(=O)c2ccco2)c2ccccc2)c1C. The first-order valence-electron chi connectivity index (χ1n) is 9.58. The van der Waals surface area contributed by atoms with Crippen LogP contribution in [0.3, 0.4) is 0 Å². The lowest BCUT2D eigenvalue weighted by atomic mass is 10.1. The summed E-state index contributed by atoms with van der Waals surface area (Å²) in [5, 5.41) is 2.57. The summed E-state index contributed by atoms with van der Waals surface area (Å²) in [5.41, 5.74) is 2.24. The van der Waals surface area contributed by atoms with Crippen LogP contribution < -0.4 is 5.32 Å². The molecule has 0 aliphatic rings. The van der Waals surface area contributed by atoms with Gasteiger partial charge in [0.05, 0.1) is 12.0 Å². The van der Waals surface area contributed by atoms with Crippen LogP contribution in [0.4, 0.5) is 0 Å². The summed E-state index contributed by atoms with van der Waals surface area (Å²) < 4.78 is 10.3. The highest BCUT2D eigenvalue weighted by molar-refractivity contribution is 6.04. The van der Waals surface area contributed by atoms with Gasteiger partial charge in [-0.15, -0.1) is 0 Å². The Hall–Kier alpha value is -3.94. The van der Waals surface area contributed by atoms with Gasteiger partial charge in [0.25, 0.3) is 5.91 Å². The number of aromatic amines is 1. The molecule has 31 heavy (non-hydrogen) atoms. The number of nitrogens with one attached hydrogen (secondary N) is 2. The molecule has 0 saturated carbocycles. The molecule has 3 aromatic rings. The number of rotatable bonds is 8. The van der Waals surface area contributed by atoms with E-state index in [-0.39, 0.29) is 17.2 Å². The minimum Gasteiger partial charge on any atom is -0.459 e. The first-order valence-corrected chi connectivity index (χ1v) is 9.58. The molecule has 1 atom stereocenters. The van der Waals surface area contributed by atoms with E-state index >= 15 is 0 Å². The Morgan fingerprint density at radius 2 is 1.77 bits per heavy atom. The smallest absolute Gasteiger partial charge is 0.333 e. The number of ketones is 2. The molecule has 8 nitrogen and oxygen atoms in total. The summed E-state index contributed by atoms with van der Waals surface area (Å²) in [5.74, 6) is -1.99. The third-order valence-corrected chi connectivity index (χ3v) is 4.80. The van der Waals surface area contributed by atoms with Crippen LogP contribution in [-0.4, -0.2) is 35.0 Å². The van der Waals surface area contributed by atoms with Crippen molar-refractivity contribution >= 4 is 23.4 Å². The average Bonchev–Trinajstić information content (AvgIpc) is 3.38. The second kappa shape index (κ2) is 9.25. The van der Waals surface area contributed by atoms with E-state index in [1.54, 1.807) is 50.2 Å². The number of carbonyl (C=O) groups excluding carboxylic acids is 4. The lowest BCUT2D eigenvalue weighted by molar-refractivity contribution is -0.145. The molecule has 1 amide bonds. The van der Waals surface area contributed by atoms with Crippen LogP contribution in [-0.2, 0) is 9.53 Å². The van der Waals surface area contributed by atoms with Gasteiger partial charge >= 0.3 is 5.97 Å². The summed E-state index contributed by atoms with van der Waals surface area (Å²) in [6, 6.07) is 10.4. The maximum absolute atomic E-state index is 12.8. The van der Waals surface area contributed by atoms with Crippen molar-refractivity contribution in [2.24, 2.45) is 0 Å². The molecule has 2 heterocycles. The number of ether oxygens (including phenoxy) is 1. The Morgan fingerprint density at radius 1 is 1.06 bits per heavy atom. The van der Waals surface area contributed by atoms with E-state index in [2.05, 4.69) is 10.3 Å². The van der Waals surface area contributed by atoms with Gasteiger partial charge in [-0.2, -0.15) is 0 Å². The number of furan rings is 1. The van der Waals surface area contributed by atoms with E-state index in [4.69, 9.17) is 9.15 Å². The van der Waals surface area contributed by atoms with Crippen LogP contribution in [0.5, 0.6) is 0 Å². The van der Waals surface area contributed by atoms with Crippen molar-refractivity contribution in [2.75, 3.05) is 6.61 Å². The highest BCUT2D eigenvalue weighted by Gasteiger charge is 2.27. The summed E-state index contributed by atoms with van der Waals surface area (Å²) in [7, 11) is 0. The van der Waals surface area contributed by atoms with Gasteiger partial charge in [-0.3, -0.25) is 14.4 Å². The summed E-state index contributed by atoms with van der Waals surface area (Å²) in [6.07, 6.45) is 1.35. The second-order valence-electron chi connectivity index (χ2n) is 7.01. The van der Waals surface area contributed by atoms with Crippen molar-refractivity contribution in [1.82, 2.24) is 10.3 Å². The Balaban J connectivity index is 1.75. The fraction of sp³-hybridized carbons (Fsp3) is 0.217. The second-order valence-corrected chi connectivity index (χ2v) is 7.01. The van der Waals surface area contributed by atoms with Crippen LogP contribution in [0.2, 0.25) is 0 Å².